The number of nitrogens with one attached hydrogen (secondary N) is 1. The molecule has 0 saturated carbocycles. The average molecular weight is 675 g/mol. The van der Waals surface area contributed by atoms with E-state index in [9.17, 15) is 9.59 Å². The van der Waals surface area contributed by atoms with E-state index in [2.05, 4.69) is 55.6 Å². The fraction of sp³-hybridized carbons (Fsp3) is 0.0968. The molecule has 0 aliphatic rings. The van der Waals surface area contributed by atoms with Gasteiger partial charge in [-0.3, -0.25) is 4.79 Å². The first-order valence-electron chi connectivity index (χ1n) is 12.7. The normalized spacial score (nSPS) is 9.76. The Hall–Kier alpha value is -5.76. The van der Waals surface area contributed by atoms with Crippen molar-refractivity contribution in [2.24, 2.45) is 0 Å². The highest BCUT2D eigenvalue weighted by Gasteiger charge is 2.09. The van der Waals surface area contributed by atoms with Crippen LogP contribution in [0.3, 0.4) is 0 Å². The van der Waals surface area contributed by atoms with Gasteiger partial charge < -0.3 is 24.3 Å². The molecule has 45 heavy (non-hydrogen) atoms. The van der Waals surface area contributed by atoms with E-state index in [0.29, 0.717) is 23.2 Å². The molecule has 13 nitrogen and oxygen atoms in total. The molecular formula is C31H28BrN7O6. The first-order chi connectivity index (χ1) is 21.3. The number of pyridine rings is 1. The van der Waals surface area contributed by atoms with Gasteiger partial charge in [-0.2, -0.15) is 0 Å². The molecule has 0 fully saturated rings. The van der Waals surface area contributed by atoms with E-state index in [4.69, 9.17) is 14.6 Å². The number of carbonyl (C=O) groups is 2. The molecule has 0 aliphatic carbocycles. The Morgan fingerprint density at radius 3 is 1.91 bits per heavy atom. The monoisotopic (exact) mass is 673 g/mol. The van der Waals surface area contributed by atoms with Crippen molar-refractivity contribution in [1.29, 1.82) is 0 Å². The van der Waals surface area contributed by atoms with Crippen LogP contribution in [0.15, 0.2) is 102 Å². The van der Waals surface area contributed by atoms with Crippen molar-refractivity contribution >= 4 is 39.0 Å². The highest BCUT2D eigenvalue weighted by Crippen LogP contribution is 2.26. The Labute approximate surface area is 266 Å². The van der Waals surface area contributed by atoms with Crippen molar-refractivity contribution in [3.8, 4) is 34.9 Å². The fourth-order valence-electron chi connectivity index (χ4n) is 3.30. The lowest BCUT2D eigenvalue weighted by Gasteiger charge is -2.04. The van der Waals surface area contributed by atoms with Crippen LogP contribution < -0.4 is 9.47 Å². The van der Waals surface area contributed by atoms with E-state index in [-0.39, 0.29) is 25.0 Å². The first kappa shape index (κ1) is 33.7. The lowest BCUT2D eigenvalue weighted by molar-refractivity contribution is -0.137. The van der Waals surface area contributed by atoms with Gasteiger partial charge in [0.1, 0.15) is 17.3 Å². The summed E-state index contributed by atoms with van der Waals surface area (Å²) in [7, 11) is 1.35. The summed E-state index contributed by atoms with van der Waals surface area (Å²) < 4.78 is 15.9. The predicted octanol–water partition coefficient (Wildman–Crippen LogP) is 6.75. The number of carboxylic acids is 1. The van der Waals surface area contributed by atoms with Crippen LogP contribution in [0.25, 0.3) is 22.6 Å². The third-order valence-electron chi connectivity index (χ3n) is 5.28. The molecule has 4 heterocycles. The van der Waals surface area contributed by atoms with Gasteiger partial charge in [0.05, 0.1) is 18.2 Å². The largest absolute Gasteiger partial charge is 0.478 e. The van der Waals surface area contributed by atoms with Crippen LogP contribution in [-0.4, -0.2) is 59.0 Å². The third-order valence-corrected chi connectivity index (χ3v) is 5.72. The van der Waals surface area contributed by atoms with Gasteiger partial charge in [0.2, 0.25) is 0 Å². The molecule has 4 aromatic heterocycles. The van der Waals surface area contributed by atoms with Crippen molar-refractivity contribution < 1.29 is 28.9 Å². The van der Waals surface area contributed by atoms with Crippen molar-refractivity contribution in [3.63, 3.8) is 0 Å². The molecule has 6 rings (SSSR count). The van der Waals surface area contributed by atoms with Crippen LogP contribution in [0.4, 0.5) is 0 Å². The van der Waals surface area contributed by atoms with Crippen molar-refractivity contribution in [2.75, 3.05) is 7.11 Å². The van der Waals surface area contributed by atoms with Gasteiger partial charge in [-0.05, 0) is 64.5 Å². The Morgan fingerprint density at radius 1 is 0.800 bits per heavy atom. The van der Waals surface area contributed by atoms with Crippen LogP contribution >= 0.6 is 15.9 Å². The van der Waals surface area contributed by atoms with Gasteiger partial charge in [-0.1, -0.05) is 25.6 Å². The molecule has 2 aromatic carbocycles. The van der Waals surface area contributed by atoms with E-state index in [1.165, 1.54) is 26.2 Å². The van der Waals surface area contributed by atoms with Crippen LogP contribution in [0.1, 0.15) is 24.7 Å². The third kappa shape index (κ3) is 10.5. The number of imidazole rings is 1. The standard InChI is InChI=1S/C16H10BrN5O.C11H8N2O3.C3H6O2.CH4/c17-11-8-13-15(20-9-11)22-14(21-13)10-3-1-4-12(7-10)23-16-18-5-2-6-19-16;14-10(15)8-3-1-4-9(7-8)16-11-12-5-2-6-13-11;1-3(4)5-2;/h1-9H,(H,20,21,22);1-7H,(H,14,15);1-2H3;1H4. The Morgan fingerprint density at radius 2 is 1.36 bits per heavy atom. The summed E-state index contributed by atoms with van der Waals surface area (Å²) in [5.41, 5.74) is 2.59. The molecule has 230 valence electrons. The van der Waals surface area contributed by atoms with Gasteiger partial charge in [-0.25, -0.2) is 34.7 Å². The molecule has 0 aliphatic heterocycles. The van der Waals surface area contributed by atoms with Crippen LogP contribution in [-0.2, 0) is 9.53 Å². The molecule has 0 saturated heterocycles. The molecular weight excluding hydrogens is 646 g/mol. The SMILES string of the molecule is Brc1cnc2nc(-c3cccc(Oc4ncccn4)c3)[nH]c2c1.C.COC(C)=O.O=C(O)c1cccc(Oc2ncccn2)c1. The number of aromatic carboxylic acids is 1. The number of ether oxygens (including phenoxy) is 3. The number of aromatic nitrogens is 7. The number of H-pyrrole nitrogens is 1. The first-order valence-corrected chi connectivity index (χ1v) is 13.5. The van der Waals surface area contributed by atoms with Crippen LogP contribution in [0.2, 0.25) is 0 Å². The van der Waals surface area contributed by atoms with Crippen molar-refractivity contribution in [1.82, 2.24) is 34.9 Å². The number of nitrogens with zero attached hydrogens (tertiary/aromatic N) is 6. The summed E-state index contributed by atoms with van der Waals surface area (Å²) in [5.74, 6) is 0.517. The number of hydrogen-bond acceptors (Lipinski definition) is 11. The zero-order valence-electron chi connectivity index (χ0n) is 23.3. The summed E-state index contributed by atoms with van der Waals surface area (Å²) in [5, 5.41) is 8.79. The van der Waals surface area contributed by atoms with Crippen molar-refractivity contribution in [2.45, 2.75) is 14.4 Å². The molecule has 0 spiro atoms. The van der Waals surface area contributed by atoms with E-state index in [1.54, 1.807) is 55.2 Å². The maximum atomic E-state index is 10.7. The number of benzene rings is 2. The lowest BCUT2D eigenvalue weighted by atomic mass is 10.2. The molecule has 0 amide bonds. The number of carboxylic acid groups (broad SMARTS) is 1. The lowest BCUT2D eigenvalue weighted by Crippen LogP contribution is -1.97. The zero-order chi connectivity index (χ0) is 31.3. The van der Waals surface area contributed by atoms with Gasteiger partial charge in [0.15, 0.2) is 5.65 Å². The number of aromatic amines is 1. The highest BCUT2D eigenvalue weighted by atomic mass is 79.9. The molecule has 2 N–H and O–H groups in total. The number of halogens is 1. The summed E-state index contributed by atoms with van der Waals surface area (Å²) in [6.45, 7) is 1.36. The predicted molar refractivity (Wildman–Crippen MR) is 169 cm³/mol. The molecule has 14 heteroatoms. The van der Waals surface area contributed by atoms with E-state index in [1.807, 2.05) is 30.3 Å². The average Bonchev–Trinajstić information content (AvgIpc) is 3.46. The summed E-state index contributed by atoms with van der Waals surface area (Å²) in [6, 6.07) is 19.5. The van der Waals surface area contributed by atoms with E-state index >= 15 is 0 Å². The fourth-order valence-corrected chi connectivity index (χ4v) is 3.63. The van der Waals surface area contributed by atoms with Crippen LogP contribution in [0, 0.1) is 0 Å². The number of esters is 1. The number of methoxy groups -OCH3 is 1. The van der Waals surface area contributed by atoms with Gasteiger partial charge in [0.25, 0.3) is 0 Å². The Balaban J connectivity index is 0.000000219. The number of fused-ring (bicyclic) bond motifs is 1. The minimum Gasteiger partial charge on any atom is -0.478 e. The quantitative estimate of drug-likeness (QED) is 0.178. The van der Waals surface area contributed by atoms with Gasteiger partial charge in [-0.15, -0.1) is 0 Å². The second-order valence-corrected chi connectivity index (χ2v) is 9.35. The Kier molecular flexibility index (Phi) is 12.6. The molecule has 0 radical (unpaired) electrons. The number of carbonyl (C=O) groups excluding carboxylic acids is 1. The smallest absolute Gasteiger partial charge is 0.335 e. The number of hydrogen-bond donors (Lipinski definition) is 2. The number of rotatable bonds is 6. The molecule has 6 aromatic rings. The summed E-state index contributed by atoms with van der Waals surface area (Å²) in [6.07, 6.45) is 8.08. The molecule has 0 atom stereocenters. The minimum absolute atomic E-state index is 0. The maximum absolute atomic E-state index is 10.7. The van der Waals surface area contributed by atoms with Crippen LogP contribution in [0.5, 0.6) is 23.5 Å². The second kappa shape index (κ2) is 16.8. The summed E-state index contributed by atoms with van der Waals surface area (Å²) >= 11 is 3.40. The van der Waals surface area contributed by atoms with Crippen molar-refractivity contribution in [3.05, 3.63) is 108 Å². The maximum Gasteiger partial charge on any atom is 0.335 e. The van der Waals surface area contributed by atoms with Gasteiger partial charge in [0, 0.05) is 47.9 Å². The van der Waals surface area contributed by atoms with E-state index in [0.717, 1.165) is 21.4 Å². The minimum atomic E-state index is -1.00. The topological polar surface area (TPSA) is 175 Å². The van der Waals surface area contributed by atoms with E-state index < -0.39 is 5.97 Å². The summed E-state index contributed by atoms with van der Waals surface area (Å²) in [4.78, 5) is 48.2. The molecule has 0 bridgehead atoms. The molecule has 0 unspecified atom stereocenters. The van der Waals surface area contributed by atoms with Gasteiger partial charge >= 0.3 is 24.0 Å². The Bertz CT molecular complexity index is 1840. The zero-order valence-corrected chi connectivity index (χ0v) is 24.9. The highest BCUT2D eigenvalue weighted by molar-refractivity contribution is 9.10. The second-order valence-electron chi connectivity index (χ2n) is 8.43.